The number of benzene rings is 2. The quantitative estimate of drug-likeness (QED) is 0.738. The number of halogens is 1. The van der Waals surface area contributed by atoms with E-state index in [0.717, 1.165) is 11.3 Å². The first-order valence-corrected chi connectivity index (χ1v) is 8.95. The summed E-state index contributed by atoms with van der Waals surface area (Å²) in [5.41, 5.74) is 1.03. The first kappa shape index (κ1) is 18.3. The van der Waals surface area contributed by atoms with Crippen molar-refractivity contribution in [1.82, 2.24) is 0 Å². The zero-order valence-corrected chi connectivity index (χ0v) is 15.5. The molecule has 0 aromatic heterocycles. The zero-order valence-electron chi connectivity index (χ0n) is 14.8. The predicted octanol–water partition coefficient (Wildman–Crippen LogP) is 4.40. The van der Waals surface area contributed by atoms with Gasteiger partial charge in [-0.15, -0.1) is 0 Å². The molecule has 2 aromatic rings. The topological polar surface area (TPSA) is 67.4 Å². The van der Waals surface area contributed by atoms with E-state index in [1.165, 1.54) is 0 Å². The molecule has 0 spiro atoms. The summed E-state index contributed by atoms with van der Waals surface area (Å²) >= 11 is 6.09. The van der Waals surface area contributed by atoms with Gasteiger partial charge in [-0.1, -0.05) is 17.7 Å². The molecule has 0 aliphatic heterocycles. The molecule has 0 bridgehead atoms. The number of carbonyl (C=O) groups is 2. The highest BCUT2D eigenvalue weighted by Crippen LogP contribution is 2.47. The summed E-state index contributed by atoms with van der Waals surface area (Å²) in [7, 11) is 0. The summed E-state index contributed by atoms with van der Waals surface area (Å²) in [6, 6.07) is 12.4. The van der Waals surface area contributed by atoms with E-state index in [2.05, 4.69) is 10.6 Å². The van der Waals surface area contributed by atoms with E-state index in [9.17, 15) is 9.59 Å². The lowest BCUT2D eigenvalue weighted by Gasteiger charge is -2.17. The summed E-state index contributed by atoms with van der Waals surface area (Å²) in [6.07, 6.45) is 1.06. The molecule has 6 heteroatoms. The normalized spacial score (nSPS) is 14.4. The summed E-state index contributed by atoms with van der Waals surface area (Å²) in [6.45, 7) is 4.32. The first-order chi connectivity index (χ1) is 12.5. The van der Waals surface area contributed by atoms with E-state index in [1.54, 1.807) is 42.5 Å². The molecule has 1 saturated carbocycles. The minimum atomic E-state index is -1.02. The third-order valence-electron chi connectivity index (χ3n) is 4.56. The van der Waals surface area contributed by atoms with Crippen LogP contribution in [0.4, 0.5) is 11.4 Å². The monoisotopic (exact) mass is 372 g/mol. The minimum Gasteiger partial charge on any atom is -0.494 e. The Morgan fingerprint density at radius 2 is 1.73 bits per heavy atom. The zero-order chi connectivity index (χ0) is 18.7. The van der Waals surface area contributed by atoms with Gasteiger partial charge in [-0.25, -0.2) is 0 Å². The third kappa shape index (κ3) is 3.68. The highest BCUT2D eigenvalue weighted by atomic mass is 35.5. The molecule has 1 aliphatic carbocycles. The van der Waals surface area contributed by atoms with Crippen molar-refractivity contribution in [3.8, 4) is 5.75 Å². The van der Waals surface area contributed by atoms with Crippen molar-refractivity contribution in [1.29, 1.82) is 0 Å². The Morgan fingerprint density at radius 3 is 2.35 bits per heavy atom. The molecule has 3 rings (SSSR count). The van der Waals surface area contributed by atoms with Crippen molar-refractivity contribution in [2.24, 2.45) is 5.41 Å². The molecular weight excluding hydrogens is 352 g/mol. The van der Waals surface area contributed by atoms with Gasteiger partial charge in [-0.05, 0) is 68.7 Å². The largest absolute Gasteiger partial charge is 0.494 e. The average Bonchev–Trinajstić information content (AvgIpc) is 3.43. The van der Waals surface area contributed by atoms with Gasteiger partial charge >= 0.3 is 0 Å². The SMILES string of the molecule is CCOc1ccc(NC(=O)C2(C(=O)Nc3cccc(Cl)c3C)CC2)cc1. The molecule has 2 N–H and O–H groups in total. The number of ether oxygens (including phenoxy) is 1. The number of hydrogen-bond acceptors (Lipinski definition) is 3. The fourth-order valence-electron chi connectivity index (χ4n) is 2.72. The van der Waals surface area contributed by atoms with Crippen LogP contribution in [0, 0.1) is 12.3 Å². The molecular formula is C20H21ClN2O3. The molecule has 0 atom stereocenters. The number of nitrogens with one attached hydrogen (secondary N) is 2. The Balaban J connectivity index is 1.68. The Labute approximate surface area is 157 Å². The Morgan fingerprint density at radius 1 is 1.08 bits per heavy atom. The van der Waals surface area contributed by atoms with Crippen molar-refractivity contribution in [2.75, 3.05) is 17.2 Å². The Bertz CT molecular complexity index is 829. The molecule has 2 aromatic carbocycles. The van der Waals surface area contributed by atoms with Crippen LogP contribution in [-0.4, -0.2) is 18.4 Å². The van der Waals surface area contributed by atoms with E-state index in [1.807, 2.05) is 13.8 Å². The van der Waals surface area contributed by atoms with Gasteiger partial charge in [-0.3, -0.25) is 9.59 Å². The number of hydrogen-bond donors (Lipinski definition) is 2. The molecule has 1 fully saturated rings. The predicted molar refractivity (Wildman–Crippen MR) is 103 cm³/mol. The van der Waals surface area contributed by atoms with Crippen LogP contribution in [0.25, 0.3) is 0 Å². The first-order valence-electron chi connectivity index (χ1n) is 8.57. The van der Waals surface area contributed by atoms with Crippen LogP contribution in [0.5, 0.6) is 5.75 Å². The number of anilines is 2. The number of carbonyl (C=O) groups excluding carboxylic acids is 2. The smallest absolute Gasteiger partial charge is 0.240 e. The lowest BCUT2D eigenvalue weighted by Crippen LogP contribution is -2.35. The summed E-state index contributed by atoms with van der Waals surface area (Å²) in [5.74, 6) is 0.144. The van der Waals surface area contributed by atoms with Gasteiger partial charge in [0, 0.05) is 16.4 Å². The lowest BCUT2D eigenvalue weighted by molar-refractivity contribution is -0.131. The molecule has 1 aliphatic rings. The molecule has 26 heavy (non-hydrogen) atoms. The molecule has 0 radical (unpaired) electrons. The summed E-state index contributed by atoms with van der Waals surface area (Å²) < 4.78 is 5.38. The van der Waals surface area contributed by atoms with Crippen LogP contribution in [0.2, 0.25) is 5.02 Å². The van der Waals surface area contributed by atoms with Gasteiger partial charge in [0.15, 0.2) is 0 Å². The molecule has 0 unspecified atom stereocenters. The second kappa shape index (κ2) is 7.38. The van der Waals surface area contributed by atoms with Crippen LogP contribution in [0.1, 0.15) is 25.3 Å². The van der Waals surface area contributed by atoms with E-state index < -0.39 is 5.41 Å². The summed E-state index contributed by atoms with van der Waals surface area (Å²) in [5, 5.41) is 6.24. The van der Waals surface area contributed by atoms with Gasteiger partial charge < -0.3 is 15.4 Å². The van der Waals surface area contributed by atoms with Crippen LogP contribution in [0.15, 0.2) is 42.5 Å². The fraction of sp³-hybridized carbons (Fsp3) is 0.300. The fourth-order valence-corrected chi connectivity index (χ4v) is 2.89. The van der Waals surface area contributed by atoms with Gasteiger partial charge in [0.25, 0.3) is 0 Å². The van der Waals surface area contributed by atoms with Crippen molar-refractivity contribution >= 4 is 34.8 Å². The lowest BCUT2D eigenvalue weighted by atomic mass is 10.0. The Hall–Kier alpha value is -2.53. The van der Waals surface area contributed by atoms with Gasteiger partial charge in [-0.2, -0.15) is 0 Å². The van der Waals surface area contributed by atoms with Crippen LogP contribution >= 0.6 is 11.6 Å². The van der Waals surface area contributed by atoms with E-state index >= 15 is 0 Å². The maximum atomic E-state index is 12.7. The Kier molecular flexibility index (Phi) is 5.18. The van der Waals surface area contributed by atoms with Crippen LogP contribution < -0.4 is 15.4 Å². The van der Waals surface area contributed by atoms with Crippen molar-refractivity contribution < 1.29 is 14.3 Å². The van der Waals surface area contributed by atoms with Crippen LogP contribution in [0.3, 0.4) is 0 Å². The van der Waals surface area contributed by atoms with Gasteiger partial charge in [0.2, 0.25) is 11.8 Å². The highest BCUT2D eigenvalue weighted by Gasteiger charge is 2.56. The van der Waals surface area contributed by atoms with E-state index in [-0.39, 0.29) is 11.8 Å². The second-order valence-electron chi connectivity index (χ2n) is 6.36. The van der Waals surface area contributed by atoms with Crippen molar-refractivity contribution in [2.45, 2.75) is 26.7 Å². The molecule has 136 valence electrons. The second-order valence-corrected chi connectivity index (χ2v) is 6.77. The molecule has 0 saturated heterocycles. The molecule has 5 nitrogen and oxygen atoms in total. The third-order valence-corrected chi connectivity index (χ3v) is 4.97. The van der Waals surface area contributed by atoms with E-state index in [0.29, 0.717) is 35.8 Å². The van der Waals surface area contributed by atoms with Crippen molar-refractivity contribution in [3.05, 3.63) is 53.1 Å². The maximum absolute atomic E-state index is 12.7. The van der Waals surface area contributed by atoms with E-state index in [4.69, 9.17) is 16.3 Å². The number of rotatable bonds is 6. The average molecular weight is 373 g/mol. The number of amides is 2. The highest BCUT2D eigenvalue weighted by molar-refractivity contribution is 6.31. The summed E-state index contributed by atoms with van der Waals surface area (Å²) in [4.78, 5) is 25.4. The van der Waals surface area contributed by atoms with Crippen LogP contribution in [-0.2, 0) is 9.59 Å². The van der Waals surface area contributed by atoms with Gasteiger partial charge in [0.1, 0.15) is 11.2 Å². The molecule has 2 amide bonds. The maximum Gasteiger partial charge on any atom is 0.240 e. The van der Waals surface area contributed by atoms with Crippen molar-refractivity contribution in [3.63, 3.8) is 0 Å². The minimum absolute atomic E-state index is 0.293. The standard InChI is InChI=1S/C20H21ClN2O3/c1-3-26-15-9-7-14(8-10-15)22-18(24)20(11-12-20)19(25)23-17-6-4-5-16(21)13(17)2/h4-10H,3,11-12H2,1-2H3,(H,22,24)(H,23,25). The van der Waals surface area contributed by atoms with Gasteiger partial charge in [0.05, 0.1) is 6.61 Å². The molecule has 0 heterocycles.